The first-order valence-corrected chi connectivity index (χ1v) is 7.77. The molecule has 0 aliphatic carbocycles. The van der Waals surface area contributed by atoms with E-state index in [4.69, 9.17) is 0 Å². The van der Waals surface area contributed by atoms with Crippen molar-refractivity contribution in [3.05, 3.63) is 22.4 Å². The number of unbranched alkanes of at least 4 members (excludes halogenated alkanes) is 3. The summed E-state index contributed by atoms with van der Waals surface area (Å²) < 4.78 is 0. The lowest BCUT2D eigenvalue weighted by Gasteiger charge is -2.22. The molecule has 0 aliphatic rings. The van der Waals surface area contributed by atoms with Crippen molar-refractivity contribution in [3.63, 3.8) is 0 Å². The highest BCUT2D eigenvalue weighted by atomic mass is 32.1. The summed E-state index contributed by atoms with van der Waals surface area (Å²) in [5, 5.41) is 19.5. The van der Waals surface area contributed by atoms with Crippen LogP contribution in [-0.4, -0.2) is 24.2 Å². The molecule has 0 radical (unpaired) electrons. The van der Waals surface area contributed by atoms with Crippen LogP contribution < -0.4 is 10.6 Å². The Morgan fingerprint density at radius 3 is 2.79 bits per heavy atom. The van der Waals surface area contributed by atoms with Crippen LogP contribution in [0.3, 0.4) is 0 Å². The number of amides is 2. The topological polar surface area (TPSA) is 61.4 Å². The van der Waals surface area contributed by atoms with Gasteiger partial charge in [0.15, 0.2) is 0 Å². The number of nitrogens with one attached hydrogen (secondary N) is 2. The van der Waals surface area contributed by atoms with Crippen LogP contribution in [-0.2, 0) is 5.60 Å². The molecule has 0 saturated heterocycles. The quantitative estimate of drug-likeness (QED) is 0.643. The summed E-state index contributed by atoms with van der Waals surface area (Å²) in [4.78, 5) is 11.6. The summed E-state index contributed by atoms with van der Waals surface area (Å²) in [7, 11) is 0. The minimum atomic E-state index is -1.01. The molecule has 0 bridgehead atoms. The Morgan fingerprint density at radius 1 is 1.37 bits per heavy atom. The van der Waals surface area contributed by atoms with Gasteiger partial charge in [-0.25, -0.2) is 4.79 Å². The van der Waals surface area contributed by atoms with E-state index >= 15 is 0 Å². The molecule has 1 aromatic rings. The Balaban J connectivity index is 2.19. The Labute approximate surface area is 119 Å². The second-order valence-electron chi connectivity index (χ2n) is 4.96. The van der Waals surface area contributed by atoms with Crippen molar-refractivity contribution >= 4 is 17.4 Å². The summed E-state index contributed by atoms with van der Waals surface area (Å²) in [6.07, 6.45) is 4.54. The number of hydrogen-bond donors (Lipinski definition) is 3. The molecule has 1 heterocycles. The van der Waals surface area contributed by atoms with Crippen LogP contribution in [0.2, 0.25) is 0 Å². The SMILES string of the molecule is CCCCCCNC(=O)NCC(C)(O)c1ccsc1. The average Bonchev–Trinajstić information content (AvgIpc) is 2.91. The number of carbonyl (C=O) groups is 1. The first-order chi connectivity index (χ1) is 9.06. The Hall–Kier alpha value is -1.07. The van der Waals surface area contributed by atoms with Crippen molar-refractivity contribution in [2.45, 2.75) is 45.1 Å². The lowest BCUT2D eigenvalue weighted by molar-refractivity contribution is 0.0598. The second kappa shape index (κ2) is 8.17. The fourth-order valence-corrected chi connectivity index (χ4v) is 2.52. The largest absolute Gasteiger partial charge is 0.384 e. The molecule has 0 aliphatic heterocycles. The van der Waals surface area contributed by atoms with E-state index in [0.717, 1.165) is 18.4 Å². The highest BCUT2D eigenvalue weighted by molar-refractivity contribution is 7.08. The van der Waals surface area contributed by atoms with Gasteiger partial charge in [0.1, 0.15) is 5.60 Å². The van der Waals surface area contributed by atoms with Gasteiger partial charge in [-0.2, -0.15) is 11.3 Å². The minimum absolute atomic E-state index is 0.213. The number of hydrogen-bond acceptors (Lipinski definition) is 3. The third kappa shape index (κ3) is 6.07. The predicted molar refractivity (Wildman–Crippen MR) is 79.4 cm³/mol. The van der Waals surface area contributed by atoms with Gasteiger partial charge < -0.3 is 15.7 Å². The summed E-state index contributed by atoms with van der Waals surface area (Å²) in [5.41, 5.74) is -0.180. The number of urea groups is 1. The molecule has 5 heteroatoms. The van der Waals surface area contributed by atoms with Crippen molar-refractivity contribution in [2.75, 3.05) is 13.1 Å². The predicted octanol–water partition coefficient (Wildman–Crippen LogP) is 2.84. The lowest BCUT2D eigenvalue weighted by atomic mass is 9.99. The Bertz CT molecular complexity index is 364. The smallest absolute Gasteiger partial charge is 0.314 e. The van der Waals surface area contributed by atoms with Gasteiger partial charge in [0, 0.05) is 6.54 Å². The van der Waals surface area contributed by atoms with Crippen LogP contribution >= 0.6 is 11.3 Å². The fraction of sp³-hybridized carbons (Fsp3) is 0.643. The molecular weight excluding hydrogens is 260 g/mol. The molecule has 3 N–H and O–H groups in total. The molecule has 0 spiro atoms. The molecule has 19 heavy (non-hydrogen) atoms. The third-order valence-corrected chi connectivity index (χ3v) is 3.74. The first-order valence-electron chi connectivity index (χ1n) is 6.83. The van der Waals surface area contributed by atoms with E-state index in [1.54, 1.807) is 6.92 Å². The summed E-state index contributed by atoms with van der Waals surface area (Å²) >= 11 is 1.53. The van der Waals surface area contributed by atoms with Crippen LogP contribution in [0.1, 0.15) is 45.1 Å². The Kier molecular flexibility index (Phi) is 6.87. The summed E-state index contributed by atoms with van der Waals surface area (Å²) in [5.74, 6) is 0. The van der Waals surface area contributed by atoms with E-state index in [1.165, 1.54) is 24.2 Å². The second-order valence-corrected chi connectivity index (χ2v) is 5.74. The highest BCUT2D eigenvalue weighted by Crippen LogP contribution is 2.21. The molecule has 4 nitrogen and oxygen atoms in total. The zero-order valence-electron chi connectivity index (χ0n) is 11.7. The zero-order valence-corrected chi connectivity index (χ0v) is 12.6. The van der Waals surface area contributed by atoms with E-state index in [-0.39, 0.29) is 12.6 Å². The van der Waals surface area contributed by atoms with Crippen molar-refractivity contribution < 1.29 is 9.90 Å². The monoisotopic (exact) mass is 284 g/mol. The molecule has 0 aromatic carbocycles. The van der Waals surface area contributed by atoms with Crippen LogP contribution in [0.5, 0.6) is 0 Å². The van der Waals surface area contributed by atoms with Gasteiger partial charge in [0.25, 0.3) is 0 Å². The van der Waals surface area contributed by atoms with Crippen molar-refractivity contribution in [1.29, 1.82) is 0 Å². The number of aliphatic hydroxyl groups is 1. The molecule has 1 aromatic heterocycles. The lowest BCUT2D eigenvalue weighted by Crippen LogP contribution is -2.43. The molecule has 1 atom stereocenters. The van der Waals surface area contributed by atoms with Gasteiger partial charge in [0.2, 0.25) is 0 Å². The number of carbonyl (C=O) groups excluding carboxylic acids is 1. The van der Waals surface area contributed by atoms with E-state index < -0.39 is 5.60 Å². The molecule has 1 unspecified atom stereocenters. The molecule has 0 saturated carbocycles. The molecule has 1 rings (SSSR count). The molecule has 2 amide bonds. The summed E-state index contributed by atoms with van der Waals surface area (Å²) in [6, 6.07) is 1.65. The van der Waals surface area contributed by atoms with E-state index in [9.17, 15) is 9.90 Å². The standard InChI is InChI=1S/C14H24N2O2S/c1-3-4-5-6-8-15-13(17)16-11-14(2,18)12-7-9-19-10-12/h7,9-10,18H,3-6,8,11H2,1-2H3,(H2,15,16,17). The number of thiophene rings is 1. The van der Waals surface area contributed by atoms with Crippen LogP contribution in [0.25, 0.3) is 0 Å². The maximum Gasteiger partial charge on any atom is 0.314 e. The van der Waals surface area contributed by atoms with Gasteiger partial charge in [-0.05, 0) is 35.7 Å². The van der Waals surface area contributed by atoms with Gasteiger partial charge >= 0.3 is 6.03 Å². The maximum absolute atomic E-state index is 11.6. The molecule has 0 fully saturated rings. The third-order valence-electron chi connectivity index (χ3n) is 3.05. The van der Waals surface area contributed by atoms with E-state index in [1.807, 2.05) is 16.8 Å². The maximum atomic E-state index is 11.6. The minimum Gasteiger partial charge on any atom is -0.384 e. The van der Waals surface area contributed by atoms with Crippen molar-refractivity contribution in [1.82, 2.24) is 10.6 Å². The fourth-order valence-electron chi connectivity index (χ4n) is 1.74. The van der Waals surface area contributed by atoms with Gasteiger partial charge in [-0.15, -0.1) is 0 Å². The van der Waals surface area contributed by atoms with Gasteiger partial charge in [-0.1, -0.05) is 26.2 Å². The van der Waals surface area contributed by atoms with Gasteiger partial charge in [0.05, 0.1) is 6.54 Å². The molecule has 108 valence electrons. The first kappa shape index (κ1) is 16.0. The average molecular weight is 284 g/mol. The number of rotatable bonds is 8. The van der Waals surface area contributed by atoms with Gasteiger partial charge in [-0.3, -0.25) is 0 Å². The van der Waals surface area contributed by atoms with Crippen LogP contribution in [0.15, 0.2) is 16.8 Å². The normalized spacial score (nSPS) is 13.8. The van der Waals surface area contributed by atoms with Crippen LogP contribution in [0, 0.1) is 0 Å². The van der Waals surface area contributed by atoms with E-state index in [2.05, 4.69) is 17.6 Å². The Morgan fingerprint density at radius 2 is 2.16 bits per heavy atom. The van der Waals surface area contributed by atoms with Crippen LogP contribution in [0.4, 0.5) is 4.79 Å². The van der Waals surface area contributed by atoms with Crippen molar-refractivity contribution in [2.24, 2.45) is 0 Å². The summed E-state index contributed by atoms with van der Waals surface area (Å²) in [6.45, 7) is 4.76. The molecular formula is C14H24N2O2S. The van der Waals surface area contributed by atoms with Crippen molar-refractivity contribution in [3.8, 4) is 0 Å². The van der Waals surface area contributed by atoms with E-state index in [0.29, 0.717) is 6.54 Å². The zero-order chi connectivity index (χ0) is 14.1. The highest BCUT2D eigenvalue weighted by Gasteiger charge is 2.23.